The smallest absolute Gasteiger partial charge is 0.266 e. The van der Waals surface area contributed by atoms with Crippen LogP contribution in [-0.4, -0.2) is 29.3 Å². The largest absolute Gasteiger partial charge is 0.352 e. The monoisotopic (exact) mass is 495 g/mol. The minimum Gasteiger partial charge on any atom is -0.352 e. The Bertz CT molecular complexity index is 1500. The van der Waals surface area contributed by atoms with Gasteiger partial charge in [-0.25, -0.2) is 9.88 Å². The molecule has 4 aromatic rings. The van der Waals surface area contributed by atoms with Crippen molar-refractivity contribution in [3.8, 4) is 11.3 Å². The maximum atomic E-state index is 13.1. The van der Waals surface area contributed by atoms with E-state index in [0.29, 0.717) is 29.8 Å². The van der Waals surface area contributed by atoms with Crippen LogP contribution in [0.3, 0.4) is 0 Å². The second-order valence-corrected chi connectivity index (χ2v) is 9.94. The zero-order valence-corrected chi connectivity index (χ0v) is 21.1. The number of thiazole rings is 1. The number of anilines is 1. The lowest BCUT2D eigenvalue weighted by Gasteiger charge is -2.17. The van der Waals surface area contributed by atoms with Gasteiger partial charge in [0.15, 0.2) is 0 Å². The summed E-state index contributed by atoms with van der Waals surface area (Å²) in [5.74, 6) is -1.06. The molecule has 2 heterocycles. The first-order valence-electron chi connectivity index (χ1n) is 11.7. The molecule has 3 aromatic carbocycles. The van der Waals surface area contributed by atoms with Crippen LogP contribution in [0, 0.1) is 20.8 Å². The maximum absolute atomic E-state index is 13.1. The van der Waals surface area contributed by atoms with Crippen molar-refractivity contribution in [1.82, 2.24) is 10.3 Å². The Hall–Kier alpha value is -4.10. The Balaban J connectivity index is 1.25. The molecule has 7 heteroatoms. The molecule has 0 atom stereocenters. The molecule has 5 rings (SSSR count). The van der Waals surface area contributed by atoms with Gasteiger partial charge in [0.2, 0.25) is 0 Å². The number of carbonyl (C=O) groups excluding carboxylic acids is 3. The Labute approximate surface area is 213 Å². The molecule has 36 heavy (non-hydrogen) atoms. The van der Waals surface area contributed by atoms with Crippen molar-refractivity contribution in [3.63, 3.8) is 0 Å². The number of hydrogen-bond acceptors (Lipinski definition) is 5. The molecule has 1 N–H and O–H groups in total. The molecule has 0 unspecified atom stereocenters. The fourth-order valence-corrected chi connectivity index (χ4v) is 4.96. The number of imide groups is 1. The summed E-state index contributed by atoms with van der Waals surface area (Å²) >= 11 is 1.62. The van der Waals surface area contributed by atoms with E-state index in [1.807, 2.05) is 62.5 Å². The van der Waals surface area contributed by atoms with E-state index < -0.39 is 5.91 Å². The summed E-state index contributed by atoms with van der Waals surface area (Å²) in [5, 5.41) is 5.99. The lowest BCUT2D eigenvalue weighted by atomic mass is 10.0. The molecule has 0 saturated carbocycles. The molecule has 0 fully saturated rings. The first-order valence-corrected chi connectivity index (χ1v) is 12.6. The molecule has 0 spiro atoms. The third kappa shape index (κ3) is 4.33. The highest BCUT2D eigenvalue weighted by molar-refractivity contribution is 7.09. The molecule has 0 radical (unpaired) electrons. The Morgan fingerprint density at radius 2 is 1.69 bits per heavy atom. The van der Waals surface area contributed by atoms with Crippen molar-refractivity contribution in [2.24, 2.45) is 0 Å². The lowest BCUT2D eigenvalue weighted by molar-refractivity contribution is 0.0923. The number of aromatic nitrogens is 1. The average Bonchev–Trinajstić information content (AvgIpc) is 3.42. The van der Waals surface area contributed by atoms with Crippen LogP contribution < -0.4 is 10.2 Å². The SMILES string of the molecule is Cc1nc(-c2ccc(CCNC(=O)c3ccc4c(c3)C(=O)N(c3cccc(C)c3C)C4=O)cc2)cs1. The topological polar surface area (TPSA) is 79.4 Å². The number of aryl methyl sites for hydroxylation is 2. The van der Waals surface area contributed by atoms with Gasteiger partial charge in [-0.3, -0.25) is 14.4 Å². The first-order chi connectivity index (χ1) is 17.3. The van der Waals surface area contributed by atoms with E-state index in [2.05, 4.69) is 10.3 Å². The number of benzene rings is 3. The normalized spacial score (nSPS) is 12.7. The summed E-state index contributed by atoms with van der Waals surface area (Å²) in [6, 6.07) is 18.4. The van der Waals surface area contributed by atoms with E-state index in [9.17, 15) is 14.4 Å². The van der Waals surface area contributed by atoms with Crippen molar-refractivity contribution in [3.05, 3.63) is 104 Å². The molecular formula is C29H25N3O3S. The zero-order valence-electron chi connectivity index (χ0n) is 20.3. The van der Waals surface area contributed by atoms with Gasteiger partial charge in [-0.1, -0.05) is 36.4 Å². The van der Waals surface area contributed by atoms with Crippen LogP contribution in [0.5, 0.6) is 0 Å². The summed E-state index contributed by atoms with van der Waals surface area (Å²) in [7, 11) is 0. The van der Waals surface area contributed by atoms with Crippen LogP contribution >= 0.6 is 11.3 Å². The number of rotatable bonds is 6. The van der Waals surface area contributed by atoms with Crippen LogP contribution in [0.4, 0.5) is 5.69 Å². The highest BCUT2D eigenvalue weighted by Crippen LogP contribution is 2.32. The first kappa shape index (κ1) is 23.6. The van der Waals surface area contributed by atoms with E-state index in [0.717, 1.165) is 33.0 Å². The number of hydrogen-bond donors (Lipinski definition) is 1. The van der Waals surface area contributed by atoms with Crippen LogP contribution in [0.15, 0.2) is 66.0 Å². The van der Waals surface area contributed by atoms with E-state index in [-0.39, 0.29) is 17.4 Å². The van der Waals surface area contributed by atoms with Gasteiger partial charge in [0, 0.05) is 23.1 Å². The summed E-state index contributed by atoms with van der Waals surface area (Å²) in [5.41, 5.74) is 6.50. The predicted molar refractivity (Wildman–Crippen MR) is 142 cm³/mol. The summed E-state index contributed by atoms with van der Waals surface area (Å²) in [6.07, 6.45) is 0.672. The Morgan fingerprint density at radius 3 is 2.42 bits per heavy atom. The van der Waals surface area contributed by atoms with E-state index in [1.165, 1.54) is 11.0 Å². The van der Waals surface area contributed by atoms with Gasteiger partial charge in [0.25, 0.3) is 17.7 Å². The Morgan fingerprint density at radius 1 is 0.944 bits per heavy atom. The third-order valence-corrected chi connectivity index (χ3v) is 7.31. The molecule has 1 aliphatic heterocycles. The zero-order chi connectivity index (χ0) is 25.4. The number of nitrogens with zero attached hydrogens (tertiary/aromatic N) is 2. The van der Waals surface area contributed by atoms with Gasteiger partial charge < -0.3 is 5.32 Å². The summed E-state index contributed by atoms with van der Waals surface area (Å²) in [6.45, 7) is 6.27. The van der Waals surface area contributed by atoms with E-state index in [4.69, 9.17) is 0 Å². The van der Waals surface area contributed by atoms with Gasteiger partial charge >= 0.3 is 0 Å². The van der Waals surface area contributed by atoms with Crippen molar-refractivity contribution in [1.29, 1.82) is 0 Å². The average molecular weight is 496 g/mol. The van der Waals surface area contributed by atoms with Crippen molar-refractivity contribution in [2.75, 3.05) is 11.4 Å². The quantitative estimate of drug-likeness (QED) is 0.358. The molecule has 3 amide bonds. The maximum Gasteiger partial charge on any atom is 0.266 e. The van der Waals surface area contributed by atoms with Crippen molar-refractivity contribution < 1.29 is 14.4 Å². The highest BCUT2D eigenvalue weighted by atomic mass is 32.1. The van der Waals surface area contributed by atoms with E-state index >= 15 is 0 Å². The lowest BCUT2D eigenvalue weighted by Crippen LogP contribution is -2.30. The molecule has 180 valence electrons. The van der Waals surface area contributed by atoms with Gasteiger partial charge in [-0.2, -0.15) is 0 Å². The fourth-order valence-electron chi connectivity index (χ4n) is 4.34. The molecule has 1 aromatic heterocycles. The van der Waals surface area contributed by atoms with Gasteiger partial charge in [0.05, 0.1) is 27.5 Å². The van der Waals surface area contributed by atoms with Crippen LogP contribution in [-0.2, 0) is 6.42 Å². The number of fused-ring (bicyclic) bond motifs is 1. The molecule has 0 bridgehead atoms. The minimum atomic E-state index is -0.409. The Kier molecular flexibility index (Phi) is 6.24. The highest BCUT2D eigenvalue weighted by Gasteiger charge is 2.37. The molecule has 6 nitrogen and oxygen atoms in total. The van der Waals surface area contributed by atoms with Crippen molar-refractivity contribution in [2.45, 2.75) is 27.2 Å². The summed E-state index contributed by atoms with van der Waals surface area (Å²) < 4.78 is 0. The van der Waals surface area contributed by atoms with E-state index in [1.54, 1.807) is 29.5 Å². The number of carbonyl (C=O) groups is 3. The van der Waals surface area contributed by atoms with Crippen molar-refractivity contribution >= 4 is 34.7 Å². The fraction of sp³-hybridized carbons (Fsp3) is 0.172. The van der Waals surface area contributed by atoms with Gasteiger partial charge in [0.1, 0.15) is 0 Å². The number of nitrogens with one attached hydrogen (secondary N) is 1. The van der Waals surface area contributed by atoms with Crippen LogP contribution in [0.1, 0.15) is 52.8 Å². The molecule has 0 aliphatic carbocycles. The molecular weight excluding hydrogens is 470 g/mol. The molecule has 1 aliphatic rings. The molecule has 0 saturated heterocycles. The van der Waals surface area contributed by atoms with Gasteiger partial charge in [-0.15, -0.1) is 11.3 Å². The third-order valence-electron chi connectivity index (χ3n) is 6.53. The van der Waals surface area contributed by atoms with Gasteiger partial charge in [-0.05, 0) is 68.1 Å². The van der Waals surface area contributed by atoms with Crippen LogP contribution in [0.2, 0.25) is 0 Å². The number of amides is 3. The minimum absolute atomic E-state index is 0.251. The standard InChI is InChI=1S/C29H25N3O3S/c1-17-5-4-6-26(18(17)2)32-28(34)23-12-11-22(15-24(23)29(32)35)27(33)30-14-13-20-7-9-21(10-8-20)25-16-36-19(3)31-25/h4-12,15-16H,13-14H2,1-3H3,(H,30,33). The van der Waals surface area contributed by atoms with Crippen LogP contribution in [0.25, 0.3) is 11.3 Å². The summed E-state index contributed by atoms with van der Waals surface area (Å²) in [4.78, 5) is 44.6. The predicted octanol–water partition coefficient (Wildman–Crippen LogP) is 5.51. The second kappa shape index (κ2) is 9.51. The second-order valence-electron chi connectivity index (χ2n) is 8.88.